The summed E-state index contributed by atoms with van der Waals surface area (Å²) in [5, 5.41) is 7.24. The minimum atomic E-state index is -0.0316. The zero-order chi connectivity index (χ0) is 14.4. The van der Waals surface area contributed by atoms with Crippen LogP contribution in [0.2, 0.25) is 0 Å². The first-order valence-electron chi connectivity index (χ1n) is 8.22. The molecule has 5 nitrogen and oxygen atoms in total. The number of piperidine rings is 1. The van der Waals surface area contributed by atoms with Crippen LogP contribution in [0.5, 0.6) is 0 Å². The number of carbonyl (C=O) groups is 1. The summed E-state index contributed by atoms with van der Waals surface area (Å²) in [6, 6.07) is 1.57. The van der Waals surface area contributed by atoms with Gasteiger partial charge in [-0.3, -0.25) is 4.79 Å². The smallest absolute Gasteiger partial charge is 0.273 e. The number of aromatic nitrogens is 1. The number of fused-ring (bicyclic) bond motifs is 3. The SMILES string of the molecule is CN1C2CCC1CC(NC(=O)c1noc3c1CCCC3)C2. The Morgan fingerprint density at radius 1 is 1.24 bits per heavy atom. The average molecular weight is 289 g/mol. The number of hydrogen-bond acceptors (Lipinski definition) is 4. The van der Waals surface area contributed by atoms with Crippen molar-refractivity contribution in [2.24, 2.45) is 0 Å². The van der Waals surface area contributed by atoms with Crippen molar-refractivity contribution >= 4 is 5.91 Å². The van der Waals surface area contributed by atoms with E-state index in [0.717, 1.165) is 49.8 Å². The van der Waals surface area contributed by atoms with Gasteiger partial charge in [0.25, 0.3) is 5.91 Å². The van der Waals surface area contributed by atoms with Crippen molar-refractivity contribution < 1.29 is 9.32 Å². The second-order valence-corrected chi connectivity index (χ2v) is 6.83. The van der Waals surface area contributed by atoms with Gasteiger partial charge in [0.15, 0.2) is 5.69 Å². The van der Waals surface area contributed by atoms with Gasteiger partial charge >= 0.3 is 0 Å². The molecule has 2 unspecified atom stereocenters. The van der Waals surface area contributed by atoms with Crippen LogP contribution in [0, 0.1) is 0 Å². The second-order valence-electron chi connectivity index (χ2n) is 6.83. The van der Waals surface area contributed by atoms with Gasteiger partial charge in [-0.2, -0.15) is 0 Å². The highest BCUT2D eigenvalue weighted by Crippen LogP contribution is 2.34. The highest BCUT2D eigenvalue weighted by Gasteiger charge is 2.39. The van der Waals surface area contributed by atoms with Crippen LogP contribution in [0.15, 0.2) is 4.52 Å². The van der Waals surface area contributed by atoms with Gasteiger partial charge in [0.05, 0.1) is 0 Å². The fraction of sp³-hybridized carbons (Fsp3) is 0.750. The fourth-order valence-electron chi connectivity index (χ4n) is 4.35. The van der Waals surface area contributed by atoms with E-state index in [0.29, 0.717) is 23.8 Å². The van der Waals surface area contributed by atoms with Gasteiger partial charge in [0.1, 0.15) is 5.76 Å². The van der Waals surface area contributed by atoms with Gasteiger partial charge in [-0.1, -0.05) is 5.16 Å². The molecule has 1 amide bonds. The first-order chi connectivity index (χ1) is 10.2. The molecule has 3 heterocycles. The van der Waals surface area contributed by atoms with Crippen molar-refractivity contribution in [3.63, 3.8) is 0 Å². The molecule has 0 saturated carbocycles. The van der Waals surface area contributed by atoms with Gasteiger partial charge in [0, 0.05) is 30.1 Å². The molecule has 2 saturated heterocycles. The molecule has 0 radical (unpaired) electrons. The quantitative estimate of drug-likeness (QED) is 0.903. The van der Waals surface area contributed by atoms with Crippen LogP contribution in [0.3, 0.4) is 0 Å². The Kier molecular flexibility index (Phi) is 3.25. The van der Waals surface area contributed by atoms with Crippen molar-refractivity contribution in [2.45, 2.75) is 69.5 Å². The average Bonchev–Trinajstić information content (AvgIpc) is 2.98. The summed E-state index contributed by atoms with van der Waals surface area (Å²) < 4.78 is 5.35. The maximum atomic E-state index is 12.5. The van der Waals surface area contributed by atoms with Crippen LogP contribution < -0.4 is 5.32 Å². The lowest BCUT2D eigenvalue weighted by molar-refractivity contribution is 0.0873. The highest BCUT2D eigenvalue weighted by molar-refractivity contribution is 5.94. The van der Waals surface area contributed by atoms with Gasteiger partial charge in [0.2, 0.25) is 0 Å². The number of nitrogens with one attached hydrogen (secondary N) is 1. The lowest BCUT2D eigenvalue weighted by Crippen LogP contribution is -2.48. The van der Waals surface area contributed by atoms with E-state index in [9.17, 15) is 4.79 Å². The van der Waals surface area contributed by atoms with Crippen molar-refractivity contribution in [1.29, 1.82) is 0 Å². The molecule has 21 heavy (non-hydrogen) atoms. The minimum Gasteiger partial charge on any atom is -0.360 e. The van der Waals surface area contributed by atoms with E-state index in [1.54, 1.807) is 0 Å². The summed E-state index contributed by atoms with van der Waals surface area (Å²) in [7, 11) is 2.22. The predicted molar refractivity (Wildman–Crippen MR) is 78.2 cm³/mol. The molecule has 3 aliphatic rings. The Balaban J connectivity index is 1.46. The zero-order valence-corrected chi connectivity index (χ0v) is 12.6. The van der Waals surface area contributed by atoms with E-state index >= 15 is 0 Å². The first-order valence-corrected chi connectivity index (χ1v) is 8.22. The normalized spacial score (nSPS) is 32.0. The third kappa shape index (κ3) is 2.27. The molecule has 0 aromatic carbocycles. The monoisotopic (exact) mass is 289 g/mol. The molecule has 5 heteroatoms. The molecule has 1 aromatic heterocycles. The molecule has 114 valence electrons. The van der Waals surface area contributed by atoms with Crippen molar-refractivity contribution in [2.75, 3.05) is 7.05 Å². The van der Waals surface area contributed by atoms with Crippen LogP contribution in [0.1, 0.15) is 60.3 Å². The van der Waals surface area contributed by atoms with Crippen molar-refractivity contribution in [1.82, 2.24) is 15.4 Å². The Hall–Kier alpha value is -1.36. The summed E-state index contributed by atoms with van der Waals surface area (Å²) in [4.78, 5) is 15.0. The number of amides is 1. The molecule has 2 atom stereocenters. The Bertz CT molecular complexity index is 540. The molecule has 2 bridgehead atoms. The van der Waals surface area contributed by atoms with E-state index in [2.05, 4.69) is 22.4 Å². The minimum absolute atomic E-state index is 0.0316. The van der Waals surface area contributed by atoms with Gasteiger partial charge in [-0.05, 0) is 52.0 Å². The van der Waals surface area contributed by atoms with Gasteiger partial charge in [-0.25, -0.2) is 0 Å². The van der Waals surface area contributed by atoms with Crippen molar-refractivity contribution in [3.8, 4) is 0 Å². The molecule has 1 aliphatic carbocycles. The van der Waals surface area contributed by atoms with E-state index < -0.39 is 0 Å². The van der Waals surface area contributed by atoms with Crippen LogP contribution in [0.25, 0.3) is 0 Å². The Labute approximate surface area is 125 Å². The molecule has 1 N–H and O–H groups in total. The molecule has 4 rings (SSSR count). The van der Waals surface area contributed by atoms with E-state index in [1.165, 1.54) is 12.8 Å². The molecule has 0 spiro atoms. The van der Waals surface area contributed by atoms with Gasteiger partial charge < -0.3 is 14.7 Å². The van der Waals surface area contributed by atoms with E-state index in [1.807, 2.05) is 0 Å². The highest BCUT2D eigenvalue weighted by atomic mass is 16.5. The molecular formula is C16H23N3O2. The summed E-state index contributed by atoms with van der Waals surface area (Å²) in [5.41, 5.74) is 1.59. The number of rotatable bonds is 2. The standard InChI is InChI=1S/C16H23N3O2/c1-19-11-6-7-12(19)9-10(8-11)17-16(20)15-13-4-2-3-5-14(13)21-18-15/h10-12H,2-9H2,1H3,(H,17,20). The molecule has 1 aromatic rings. The fourth-order valence-corrected chi connectivity index (χ4v) is 4.35. The molecular weight excluding hydrogens is 266 g/mol. The summed E-state index contributed by atoms with van der Waals surface area (Å²) in [6.45, 7) is 0. The third-order valence-electron chi connectivity index (χ3n) is 5.60. The lowest BCUT2D eigenvalue weighted by Gasteiger charge is -2.36. The lowest BCUT2D eigenvalue weighted by atomic mass is 9.95. The maximum Gasteiger partial charge on any atom is 0.273 e. The summed E-state index contributed by atoms with van der Waals surface area (Å²) in [5.74, 6) is 0.894. The zero-order valence-electron chi connectivity index (χ0n) is 12.6. The number of hydrogen-bond donors (Lipinski definition) is 1. The third-order valence-corrected chi connectivity index (χ3v) is 5.60. The van der Waals surface area contributed by atoms with Gasteiger partial charge in [-0.15, -0.1) is 0 Å². The number of carbonyl (C=O) groups excluding carboxylic acids is 1. The van der Waals surface area contributed by atoms with E-state index in [4.69, 9.17) is 4.52 Å². The number of nitrogens with zero attached hydrogens (tertiary/aromatic N) is 2. The predicted octanol–water partition coefficient (Wildman–Crippen LogP) is 1.91. The Morgan fingerprint density at radius 3 is 2.71 bits per heavy atom. The maximum absolute atomic E-state index is 12.5. The summed E-state index contributed by atoms with van der Waals surface area (Å²) >= 11 is 0. The van der Waals surface area contributed by atoms with Crippen LogP contribution in [-0.2, 0) is 12.8 Å². The molecule has 2 fully saturated rings. The summed E-state index contributed by atoms with van der Waals surface area (Å²) in [6.07, 6.45) is 8.81. The first kappa shape index (κ1) is 13.3. The Morgan fingerprint density at radius 2 is 1.95 bits per heavy atom. The topological polar surface area (TPSA) is 58.4 Å². The second kappa shape index (κ2) is 5.13. The number of aryl methyl sites for hydroxylation is 1. The molecule has 2 aliphatic heterocycles. The van der Waals surface area contributed by atoms with Crippen LogP contribution in [0.4, 0.5) is 0 Å². The largest absolute Gasteiger partial charge is 0.360 e. The van der Waals surface area contributed by atoms with E-state index in [-0.39, 0.29) is 5.91 Å². The van der Waals surface area contributed by atoms with Crippen molar-refractivity contribution in [3.05, 3.63) is 17.0 Å². The van der Waals surface area contributed by atoms with Crippen LogP contribution in [-0.4, -0.2) is 41.1 Å². The van der Waals surface area contributed by atoms with Crippen LogP contribution >= 0.6 is 0 Å².